The maximum atomic E-state index is 12.6. The van der Waals surface area contributed by atoms with Crippen molar-refractivity contribution in [2.24, 2.45) is 17.8 Å². The van der Waals surface area contributed by atoms with Crippen molar-refractivity contribution in [1.29, 1.82) is 0 Å². The maximum absolute atomic E-state index is 12.6. The van der Waals surface area contributed by atoms with Crippen LogP contribution in [0, 0.1) is 17.8 Å². The number of hydrogen-bond acceptors (Lipinski definition) is 4. The highest BCUT2D eigenvalue weighted by Crippen LogP contribution is 2.32. The van der Waals surface area contributed by atoms with Gasteiger partial charge >= 0.3 is 5.97 Å². The molecule has 0 bridgehead atoms. The van der Waals surface area contributed by atoms with E-state index in [2.05, 4.69) is 20.8 Å². The summed E-state index contributed by atoms with van der Waals surface area (Å²) in [7, 11) is 0. The van der Waals surface area contributed by atoms with Crippen molar-refractivity contribution in [2.75, 3.05) is 13.2 Å². The molecule has 1 aliphatic carbocycles. The van der Waals surface area contributed by atoms with E-state index in [0.29, 0.717) is 23.8 Å². The number of carbonyl (C=O) groups excluding carboxylic acids is 1. The molecular formula is C35H52O4. The molecule has 4 nitrogen and oxygen atoms in total. The smallest absolute Gasteiger partial charge is 0.343 e. The van der Waals surface area contributed by atoms with E-state index in [1.807, 2.05) is 24.3 Å². The van der Waals surface area contributed by atoms with Crippen LogP contribution in [0.3, 0.4) is 0 Å². The van der Waals surface area contributed by atoms with Crippen LogP contribution in [-0.2, 0) is 0 Å². The highest BCUT2D eigenvalue weighted by atomic mass is 16.5. The zero-order valence-corrected chi connectivity index (χ0v) is 24.8. The molecule has 0 unspecified atom stereocenters. The minimum absolute atomic E-state index is 0.370. The lowest BCUT2D eigenvalue weighted by atomic mass is 9.80. The predicted octanol–water partition coefficient (Wildman–Crippen LogP) is 10.0. The second-order valence-electron chi connectivity index (χ2n) is 11.6. The van der Waals surface area contributed by atoms with Gasteiger partial charge in [-0.05, 0) is 92.0 Å². The van der Waals surface area contributed by atoms with Crippen LogP contribution >= 0.6 is 0 Å². The van der Waals surface area contributed by atoms with Crippen LogP contribution in [0.2, 0.25) is 0 Å². The molecule has 4 heteroatoms. The molecule has 39 heavy (non-hydrogen) atoms. The number of ether oxygens (including phenoxy) is 3. The van der Waals surface area contributed by atoms with Crippen LogP contribution in [0.4, 0.5) is 0 Å². The van der Waals surface area contributed by atoms with Crippen molar-refractivity contribution in [1.82, 2.24) is 0 Å². The Hall–Kier alpha value is -2.49. The molecule has 1 fully saturated rings. The van der Waals surface area contributed by atoms with Gasteiger partial charge in [0.05, 0.1) is 18.8 Å². The molecule has 0 spiro atoms. The Morgan fingerprint density at radius 2 is 1.36 bits per heavy atom. The van der Waals surface area contributed by atoms with Crippen LogP contribution in [0.5, 0.6) is 17.2 Å². The van der Waals surface area contributed by atoms with Gasteiger partial charge in [-0.3, -0.25) is 0 Å². The van der Waals surface area contributed by atoms with Crippen molar-refractivity contribution >= 4 is 5.97 Å². The largest absolute Gasteiger partial charge is 0.494 e. The van der Waals surface area contributed by atoms with Crippen molar-refractivity contribution in [3.8, 4) is 17.2 Å². The first kappa shape index (κ1) is 31.0. The van der Waals surface area contributed by atoms with Gasteiger partial charge in [0.15, 0.2) is 0 Å². The molecule has 1 atom stereocenters. The summed E-state index contributed by atoms with van der Waals surface area (Å²) in [5, 5.41) is 0. The molecule has 0 radical (unpaired) electrons. The zero-order valence-electron chi connectivity index (χ0n) is 24.8. The fourth-order valence-electron chi connectivity index (χ4n) is 5.38. The summed E-state index contributed by atoms with van der Waals surface area (Å²) in [5.41, 5.74) is 0.510. The summed E-state index contributed by atoms with van der Waals surface area (Å²) < 4.78 is 17.5. The standard InChI is InChI=1S/C35H52O4/c1-4-6-7-8-9-13-29-14-16-30(17-15-29)27-38-33-22-24-34(25-23-33)39-35(36)31-18-20-32(21-19-31)37-26-11-10-12-28(3)5-2/h18-25,28-30H,4-17,26-27H2,1-3H3/t28-,29-,30-/m0/s1. The molecule has 2 aromatic carbocycles. The van der Waals surface area contributed by atoms with Gasteiger partial charge in [-0.2, -0.15) is 0 Å². The van der Waals surface area contributed by atoms with E-state index in [0.717, 1.165) is 36.4 Å². The van der Waals surface area contributed by atoms with Crippen LogP contribution < -0.4 is 14.2 Å². The lowest BCUT2D eigenvalue weighted by Gasteiger charge is -2.28. The summed E-state index contributed by atoms with van der Waals surface area (Å²) in [6, 6.07) is 14.6. The highest BCUT2D eigenvalue weighted by molar-refractivity contribution is 5.91. The topological polar surface area (TPSA) is 44.8 Å². The number of hydrogen-bond donors (Lipinski definition) is 0. The first-order valence-corrected chi connectivity index (χ1v) is 15.7. The summed E-state index contributed by atoms with van der Waals surface area (Å²) in [6.45, 7) is 8.29. The van der Waals surface area contributed by atoms with Crippen LogP contribution in [-0.4, -0.2) is 19.2 Å². The molecule has 1 saturated carbocycles. The Morgan fingerprint density at radius 1 is 0.744 bits per heavy atom. The lowest BCUT2D eigenvalue weighted by molar-refractivity contribution is 0.0734. The fraction of sp³-hybridized carbons (Fsp3) is 0.629. The molecule has 3 rings (SSSR count). The Morgan fingerprint density at radius 3 is 2.05 bits per heavy atom. The van der Waals surface area contributed by atoms with Crippen molar-refractivity contribution in [3.05, 3.63) is 54.1 Å². The minimum Gasteiger partial charge on any atom is -0.494 e. The lowest BCUT2D eigenvalue weighted by Crippen LogP contribution is -2.20. The Bertz CT molecular complexity index is 913. The van der Waals surface area contributed by atoms with Crippen molar-refractivity contribution in [3.63, 3.8) is 0 Å². The number of esters is 1. The molecule has 0 aromatic heterocycles. The predicted molar refractivity (Wildman–Crippen MR) is 161 cm³/mol. The third-order valence-electron chi connectivity index (χ3n) is 8.35. The first-order chi connectivity index (χ1) is 19.1. The van der Waals surface area contributed by atoms with Crippen LogP contribution in [0.15, 0.2) is 48.5 Å². The average Bonchev–Trinajstić information content (AvgIpc) is 2.97. The summed E-state index contributed by atoms with van der Waals surface area (Å²) in [5.74, 6) is 4.12. The van der Waals surface area contributed by atoms with Gasteiger partial charge in [-0.15, -0.1) is 0 Å². The second kappa shape index (κ2) is 18.0. The van der Waals surface area contributed by atoms with E-state index < -0.39 is 0 Å². The number of benzene rings is 2. The van der Waals surface area contributed by atoms with E-state index in [9.17, 15) is 4.79 Å². The molecule has 0 aliphatic heterocycles. The van der Waals surface area contributed by atoms with Gasteiger partial charge in [0.2, 0.25) is 0 Å². The molecule has 0 saturated heterocycles. The van der Waals surface area contributed by atoms with Gasteiger partial charge in [0.1, 0.15) is 17.2 Å². The molecular weight excluding hydrogens is 484 g/mol. The highest BCUT2D eigenvalue weighted by Gasteiger charge is 2.21. The molecule has 0 amide bonds. The van der Waals surface area contributed by atoms with E-state index in [-0.39, 0.29) is 5.97 Å². The molecule has 2 aromatic rings. The Kier molecular flexibility index (Phi) is 14.3. The summed E-state index contributed by atoms with van der Waals surface area (Å²) in [4.78, 5) is 12.6. The van der Waals surface area contributed by atoms with Gasteiger partial charge in [0, 0.05) is 0 Å². The van der Waals surface area contributed by atoms with Gasteiger partial charge in [-0.25, -0.2) is 4.79 Å². The van der Waals surface area contributed by atoms with E-state index >= 15 is 0 Å². The molecule has 216 valence electrons. The second-order valence-corrected chi connectivity index (χ2v) is 11.6. The summed E-state index contributed by atoms with van der Waals surface area (Å²) in [6.07, 6.45) is 18.3. The van der Waals surface area contributed by atoms with Crippen molar-refractivity contribution in [2.45, 2.75) is 111 Å². The number of rotatable bonds is 18. The molecule has 0 N–H and O–H groups in total. The maximum Gasteiger partial charge on any atom is 0.343 e. The third kappa shape index (κ3) is 12.1. The Balaban J connectivity index is 1.31. The number of unbranched alkanes of at least 4 members (excludes halogenated alkanes) is 5. The third-order valence-corrected chi connectivity index (χ3v) is 8.35. The monoisotopic (exact) mass is 536 g/mol. The van der Waals surface area contributed by atoms with E-state index in [1.165, 1.54) is 83.5 Å². The zero-order chi connectivity index (χ0) is 27.7. The van der Waals surface area contributed by atoms with Gasteiger partial charge in [0.25, 0.3) is 0 Å². The van der Waals surface area contributed by atoms with Gasteiger partial charge in [-0.1, -0.05) is 85.0 Å². The quantitative estimate of drug-likeness (QED) is 0.108. The van der Waals surface area contributed by atoms with Crippen LogP contribution in [0.25, 0.3) is 0 Å². The average molecular weight is 537 g/mol. The molecule has 0 heterocycles. The van der Waals surface area contributed by atoms with E-state index in [4.69, 9.17) is 14.2 Å². The normalized spacial score (nSPS) is 17.9. The first-order valence-electron chi connectivity index (χ1n) is 15.7. The van der Waals surface area contributed by atoms with Crippen LogP contribution in [0.1, 0.15) is 121 Å². The van der Waals surface area contributed by atoms with Crippen molar-refractivity contribution < 1.29 is 19.0 Å². The molecule has 1 aliphatic rings. The fourth-order valence-corrected chi connectivity index (χ4v) is 5.38. The number of carbonyl (C=O) groups is 1. The van der Waals surface area contributed by atoms with Gasteiger partial charge < -0.3 is 14.2 Å². The minimum atomic E-state index is -0.370. The Labute approximate surface area is 237 Å². The summed E-state index contributed by atoms with van der Waals surface area (Å²) >= 11 is 0. The SMILES string of the molecule is CCCCCCC[C@H]1CC[C@H](COc2ccc(OC(=O)c3ccc(OCCCC[C@@H](C)CC)cc3)cc2)CC1. The van der Waals surface area contributed by atoms with E-state index in [1.54, 1.807) is 24.3 Å².